The van der Waals surface area contributed by atoms with Gasteiger partial charge in [0.25, 0.3) is 0 Å². The molecule has 2 amide bonds. The normalized spacial score (nSPS) is 13.5. The van der Waals surface area contributed by atoms with Crippen molar-refractivity contribution in [3.63, 3.8) is 0 Å². The Morgan fingerprint density at radius 3 is 2.68 bits per heavy atom. The molecule has 1 fully saturated rings. The lowest BCUT2D eigenvalue weighted by molar-refractivity contribution is 0.251. The molecule has 1 aliphatic carbocycles. The van der Waals surface area contributed by atoms with Gasteiger partial charge in [0, 0.05) is 11.1 Å². The second-order valence-corrected chi connectivity index (χ2v) is 5.90. The fraction of sp³-hybridized carbons (Fsp3) is 0.200. The molecule has 3 N–H and O–H groups in total. The van der Waals surface area contributed by atoms with E-state index in [-0.39, 0.29) is 6.03 Å². The van der Waals surface area contributed by atoms with Gasteiger partial charge in [0.1, 0.15) is 5.82 Å². The second kappa shape index (κ2) is 6.42. The first-order valence-electron chi connectivity index (χ1n) is 6.86. The summed E-state index contributed by atoms with van der Waals surface area (Å²) in [5, 5.41) is 9.80. The predicted molar refractivity (Wildman–Crippen MR) is 89.2 cm³/mol. The first-order chi connectivity index (χ1) is 10.6. The second-order valence-electron chi connectivity index (χ2n) is 5.05. The minimum Gasteiger partial charge on any atom is -0.339 e. The van der Waals surface area contributed by atoms with Gasteiger partial charge in [-0.25, -0.2) is 9.78 Å². The summed E-state index contributed by atoms with van der Waals surface area (Å²) in [6, 6.07) is 8.78. The molecule has 1 heterocycles. The number of hydrogen-bond donors (Lipinski definition) is 3. The van der Waals surface area contributed by atoms with Crippen LogP contribution in [0.3, 0.4) is 0 Å². The molecule has 0 unspecified atom stereocenters. The summed E-state index contributed by atoms with van der Waals surface area (Å²) in [6.45, 7) is 0. The summed E-state index contributed by atoms with van der Waals surface area (Å²) < 4.78 is 0. The van der Waals surface area contributed by atoms with Crippen molar-refractivity contribution in [3.8, 4) is 0 Å². The van der Waals surface area contributed by atoms with Gasteiger partial charge in [-0.3, -0.25) is 0 Å². The molecule has 0 radical (unpaired) electrons. The Labute approximate surface area is 138 Å². The summed E-state index contributed by atoms with van der Waals surface area (Å²) in [6.07, 6.45) is 3.68. The number of benzene rings is 1. The first kappa shape index (κ1) is 14.9. The average molecular weight is 337 g/mol. The Morgan fingerprint density at radius 2 is 2.00 bits per heavy atom. The van der Waals surface area contributed by atoms with Gasteiger partial charge >= 0.3 is 6.03 Å². The van der Waals surface area contributed by atoms with Crippen molar-refractivity contribution < 1.29 is 4.79 Å². The number of urea groups is 1. The molecular formula is C15H14Cl2N4O. The first-order valence-corrected chi connectivity index (χ1v) is 7.61. The van der Waals surface area contributed by atoms with Crippen LogP contribution in [-0.2, 0) is 0 Å². The number of nitrogens with zero attached hydrogens (tertiary/aromatic N) is 1. The lowest BCUT2D eigenvalue weighted by Crippen LogP contribution is -2.30. The van der Waals surface area contributed by atoms with E-state index in [1.165, 1.54) is 0 Å². The molecule has 0 atom stereocenters. The summed E-state index contributed by atoms with van der Waals surface area (Å²) in [5.41, 5.74) is 1.30. The highest BCUT2D eigenvalue weighted by Crippen LogP contribution is 2.28. The molecule has 3 rings (SSSR count). The number of rotatable bonds is 4. The average Bonchev–Trinajstić information content (AvgIpc) is 3.29. The van der Waals surface area contributed by atoms with Gasteiger partial charge in [-0.15, -0.1) is 0 Å². The number of pyridine rings is 1. The Kier molecular flexibility index (Phi) is 4.36. The van der Waals surface area contributed by atoms with Crippen LogP contribution in [0.15, 0.2) is 36.5 Å². The highest BCUT2D eigenvalue weighted by molar-refractivity contribution is 6.35. The molecular weight excluding hydrogens is 323 g/mol. The zero-order valence-electron chi connectivity index (χ0n) is 11.6. The lowest BCUT2D eigenvalue weighted by atomic mass is 10.3. The van der Waals surface area contributed by atoms with Gasteiger partial charge in [0.05, 0.1) is 22.6 Å². The number of nitrogens with one attached hydrogen (secondary N) is 3. The zero-order chi connectivity index (χ0) is 15.5. The van der Waals surface area contributed by atoms with Crippen molar-refractivity contribution in [2.45, 2.75) is 18.9 Å². The van der Waals surface area contributed by atoms with Crippen LogP contribution in [0.5, 0.6) is 0 Å². The van der Waals surface area contributed by atoms with Crippen LogP contribution in [0.1, 0.15) is 12.8 Å². The topological polar surface area (TPSA) is 66.0 Å². The highest BCUT2D eigenvalue weighted by Gasteiger charge is 2.23. The van der Waals surface area contributed by atoms with Crippen LogP contribution in [0.25, 0.3) is 0 Å². The maximum Gasteiger partial charge on any atom is 0.319 e. The molecule has 1 aromatic heterocycles. The number of anilines is 3. The molecule has 1 aromatic carbocycles. The van der Waals surface area contributed by atoms with Crippen LogP contribution < -0.4 is 16.0 Å². The quantitative estimate of drug-likeness (QED) is 0.774. The van der Waals surface area contributed by atoms with Crippen molar-refractivity contribution in [3.05, 3.63) is 46.6 Å². The van der Waals surface area contributed by atoms with Crippen LogP contribution in [0, 0.1) is 0 Å². The molecule has 1 aliphatic rings. The van der Waals surface area contributed by atoms with Gasteiger partial charge in [-0.2, -0.15) is 0 Å². The number of carbonyl (C=O) groups is 1. The van der Waals surface area contributed by atoms with Gasteiger partial charge in [-0.05, 0) is 43.2 Å². The summed E-state index contributed by atoms with van der Waals surface area (Å²) >= 11 is 12.0. The summed E-state index contributed by atoms with van der Waals surface area (Å²) in [4.78, 5) is 15.9. The van der Waals surface area contributed by atoms with Gasteiger partial charge < -0.3 is 16.0 Å². The third-order valence-electron chi connectivity index (χ3n) is 3.13. The Balaban J connectivity index is 1.63. The van der Waals surface area contributed by atoms with Crippen LogP contribution >= 0.6 is 23.2 Å². The number of halogens is 2. The van der Waals surface area contributed by atoms with Crippen molar-refractivity contribution >= 4 is 46.4 Å². The predicted octanol–water partition coefficient (Wildman–Crippen LogP) is 4.42. The summed E-state index contributed by atoms with van der Waals surface area (Å²) in [5.74, 6) is 0.609. The van der Waals surface area contributed by atoms with Crippen molar-refractivity contribution in [2.24, 2.45) is 0 Å². The minimum atomic E-state index is -0.206. The third kappa shape index (κ3) is 4.02. The maximum atomic E-state index is 11.6. The standard InChI is InChI=1S/C15H14Cl2N4O/c16-9-1-5-12(17)13(7-9)21-14-6-4-11(8-18-14)20-15(22)19-10-2-3-10/h1,4-8,10H,2-3H2,(H,18,21)(H2,19,20,22). The Morgan fingerprint density at radius 1 is 1.18 bits per heavy atom. The number of carbonyl (C=O) groups excluding carboxylic acids is 1. The molecule has 0 bridgehead atoms. The van der Waals surface area contributed by atoms with Crippen molar-refractivity contribution in [1.29, 1.82) is 0 Å². The number of hydrogen-bond acceptors (Lipinski definition) is 3. The highest BCUT2D eigenvalue weighted by atomic mass is 35.5. The van der Waals surface area contributed by atoms with Crippen LogP contribution in [0.2, 0.25) is 10.0 Å². The van der Waals surface area contributed by atoms with E-state index in [9.17, 15) is 4.79 Å². The van der Waals surface area contributed by atoms with Crippen LogP contribution in [0.4, 0.5) is 22.0 Å². The molecule has 114 valence electrons. The molecule has 5 nitrogen and oxygen atoms in total. The van der Waals surface area contributed by atoms with E-state index in [0.717, 1.165) is 12.8 Å². The third-order valence-corrected chi connectivity index (χ3v) is 3.69. The van der Waals surface area contributed by atoms with Crippen molar-refractivity contribution in [2.75, 3.05) is 10.6 Å². The minimum absolute atomic E-state index is 0.206. The van der Waals surface area contributed by atoms with Crippen molar-refractivity contribution in [1.82, 2.24) is 10.3 Å². The molecule has 7 heteroatoms. The molecule has 1 saturated carbocycles. The molecule has 0 aliphatic heterocycles. The smallest absolute Gasteiger partial charge is 0.319 e. The Bertz CT molecular complexity index is 686. The number of aromatic nitrogens is 1. The fourth-order valence-corrected chi connectivity index (χ4v) is 2.19. The largest absolute Gasteiger partial charge is 0.339 e. The van der Waals surface area contributed by atoms with E-state index in [4.69, 9.17) is 23.2 Å². The van der Waals surface area contributed by atoms with Crippen LogP contribution in [-0.4, -0.2) is 17.1 Å². The zero-order valence-corrected chi connectivity index (χ0v) is 13.1. The lowest BCUT2D eigenvalue weighted by Gasteiger charge is -2.10. The van der Waals surface area contributed by atoms with E-state index in [1.807, 2.05) is 0 Å². The monoisotopic (exact) mass is 336 g/mol. The van der Waals surface area contributed by atoms with Gasteiger partial charge in [0.15, 0.2) is 0 Å². The van der Waals surface area contributed by atoms with E-state index in [2.05, 4.69) is 20.9 Å². The van der Waals surface area contributed by atoms with Gasteiger partial charge in [0.2, 0.25) is 0 Å². The Hall–Kier alpha value is -1.98. The fourth-order valence-electron chi connectivity index (χ4n) is 1.85. The van der Waals surface area contributed by atoms with E-state index >= 15 is 0 Å². The molecule has 0 saturated heterocycles. The molecule has 22 heavy (non-hydrogen) atoms. The SMILES string of the molecule is O=C(Nc1ccc(Nc2cc(Cl)ccc2Cl)nc1)NC1CC1. The number of amides is 2. The molecule has 0 spiro atoms. The maximum absolute atomic E-state index is 11.6. The van der Waals surface area contributed by atoms with E-state index < -0.39 is 0 Å². The van der Waals surface area contributed by atoms with E-state index in [1.54, 1.807) is 36.5 Å². The summed E-state index contributed by atoms with van der Waals surface area (Å²) in [7, 11) is 0. The van der Waals surface area contributed by atoms with Gasteiger partial charge in [-0.1, -0.05) is 23.2 Å². The van der Waals surface area contributed by atoms with E-state index in [0.29, 0.717) is 33.3 Å². The molecule has 2 aromatic rings.